The van der Waals surface area contributed by atoms with Gasteiger partial charge in [-0.2, -0.15) is 0 Å². The van der Waals surface area contributed by atoms with Crippen molar-refractivity contribution in [1.82, 2.24) is 0 Å². The average Bonchev–Trinajstić information content (AvgIpc) is 2.57. The van der Waals surface area contributed by atoms with Gasteiger partial charge in [-0.05, 0) is 50.2 Å². The zero-order valence-corrected chi connectivity index (χ0v) is 14.7. The number of nitrogens with zero attached hydrogens (tertiary/aromatic N) is 1. The number of Topliss-reactive ketones (excluding diaryl/α,β-unsaturated/α-hetero) is 1. The van der Waals surface area contributed by atoms with Crippen molar-refractivity contribution in [3.63, 3.8) is 0 Å². The van der Waals surface area contributed by atoms with Gasteiger partial charge in [-0.1, -0.05) is 17.7 Å². The Labute approximate surface area is 147 Å². The number of rotatable bonds is 6. The Hall–Kier alpha value is -2.95. The number of nitrogens with one attached hydrogen (secondary N) is 1. The Morgan fingerprint density at radius 2 is 1.52 bits per heavy atom. The fourth-order valence-electron chi connectivity index (χ4n) is 2.42. The second kappa shape index (κ2) is 8.24. The molecule has 0 saturated carbocycles. The third kappa shape index (κ3) is 5.28. The Morgan fingerprint density at radius 1 is 0.920 bits per heavy atom. The molecule has 5 nitrogen and oxygen atoms in total. The third-order valence-corrected chi connectivity index (χ3v) is 3.86. The van der Waals surface area contributed by atoms with Gasteiger partial charge in [-0.15, -0.1) is 0 Å². The van der Waals surface area contributed by atoms with Gasteiger partial charge in [0.25, 0.3) is 0 Å². The van der Waals surface area contributed by atoms with Gasteiger partial charge in [0.1, 0.15) is 0 Å². The van der Waals surface area contributed by atoms with Gasteiger partial charge in [-0.25, -0.2) is 0 Å². The molecule has 0 fully saturated rings. The van der Waals surface area contributed by atoms with Gasteiger partial charge in [-0.3, -0.25) is 14.4 Å². The molecule has 1 N–H and O–H groups in total. The SMILES string of the molecule is CC(=O)c1ccc(NC(=O)CCN(C(C)=O)c2ccc(C)cc2)cc1. The fraction of sp³-hybridized carbons (Fsp3) is 0.250. The third-order valence-electron chi connectivity index (χ3n) is 3.86. The topological polar surface area (TPSA) is 66.5 Å². The van der Waals surface area contributed by atoms with E-state index >= 15 is 0 Å². The van der Waals surface area contributed by atoms with E-state index in [0.717, 1.165) is 11.3 Å². The summed E-state index contributed by atoms with van der Waals surface area (Å²) in [5.74, 6) is -0.315. The highest BCUT2D eigenvalue weighted by atomic mass is 16.2. The lowest BCUT2D eigenvalue weighted by molar-refractivity contribution is -0.117. The van der Waals surface area contributed by atoms with Crippen molar-refractivity contribution in [3.8, 4) is 0 Å². The largest absolute Gasteiger partial charge is 0.326 e. The zero-order valence-electron chi connectivity index (χ0n) is 14.7. The molecule has 2 rings (SSSR count). The molecule has 2 aromatic carbocycles. The first-order chi connectivity index (χ1) is 11.9. The van der Waals surface area contributed by atoms with Crippen LogP contribution in [0.2, 0.25) is 0 Å². The molecule has 0 aliphatic rings. The molecule has 2 amide bonds. The van der Waals surface area contributed by atoms with Crippen molar-refractivity contribution in [2.75, 3.05) is 16.8 Å². The second-order valence-electron chi connectivity index (χ2n) is 5.94. The van der Waals surface area contributed by atoms with E-state index in [1.807, 2.05) is 31.2 Å². The van der Waals surface area contributed by atoms with Crippen LogP contribution in [0.4, 0.5) is 11.4 Å². The summed E-state index contributed by atoms with van der Waals surface area (Å²) in [5, 5.41) is 2.77. The van der Waals surface area contributed by atoms with E-state index in [-0.39, 0.29) is 24.0 Å². The summed E-state index contributed by atoms with van der Waals surface area (Å²) in [7, 11) is 0. The average molecular weight is 338 g/mol. The van der Waals surface area contributed by atoms with E-state index in [9.17, 15) is 14.4 Å². The Morgan fingerprint density at radius 3 is 2.04 bits per heavy atom. The quantitative estimate of drug-likeness (QED) is 0.819. The minimum Gasteiger partial charge on any atom is -0.326 e. The Bertz CT molecular complexity index is 765. The lowest BCUT2D eigenvalue weighted by atomic mass is 10.1. The molecule has 25 heavy (non-hydrogen) atoms. The van der Waals surface area contributed by atoms with Crippen molar-refractivity contribution in [2.24, 2.45) is 0 Å². The summed E-state index contributed by atoms with van der Waals surface area (Å²) in [5.41, 5.74) is 3.11. The van der Waals surface area contributed by atoms with E-state index in [1.165, 1.54) is 13.8 Å². The van der Waals surface area contributed by atoms with Gasteiger partial charge in [0.2, 0.25) is 11.8 Å². The first kappa shape index (κ1) is 18.4. The molecule has 0 unspecified atom stereocenters. The molecule has 0 bridgehead atoms. The number of anilines is 2. The van der Waals surface area contributed by atoms with Crippen LogP contribution >= 0.6 is 0 Å². The predicted octanol–water partition coefficient (Wildman–Crippen LogP) is 3.58. The van der Waals surface area contributed by atoms with Crippen LogP contribution in [0.25, 0.3) is 0 Å². The molecule has 2 aromatic rings. The molecule has 5 heteroatoms. The first-order valence-electron chi connectivity index (χ1n) is 8.12. The lowest BCUT2D eigenvalue weighted by Gasteiger charge is -2.21. The maximum absolute atomic E-state index is 12.1. The standard InChI is InChI=1S/C20H22N2O3/c1-14-4-10-19(11-5-14)22(16(3)24)13-12-20(25)21-18-8-6-17(7-9-18)15(2)23/h4-11H,12-13H2,1-3H3,(H,21,25). The van der Waals surface area contributed by atoms with E-state index < -0.39 is 0 Å². The van der Waals surface area contributed by atoms with E-state index in [2.05, 4.69) is 5.32 Å². The zero-order chi connectivity index (χ0) is 18.4. The molecule has 0 aliphatic carbocycles. The molecule has 0 saturated heterocycles. The molecular formula is C20H22N2O3. The summed E-state index contributed by atoms with van der Waals surface area (Å²) < 4.78 is 0. The molecule has 0 aliphatic heterocycles. The van der Waals surface area contributed by atoms with E-state index in [4.69, 9.17) is 0 Å². The number of carbonyl (C=O) groups excluding carboxylic acids is 3. The normalized spacial score (nSPS) is 10.2. The van der Waals surface area contributed by atoms with Crippen LogP contribution in [0, 0.1) is 6.92 Å². The molecule has 130 valence electrons. The van der Waals surface area contributed by atoms with Crippen LogP contribution < -0.4 is 10.2 Å². The number of carbonyl (C=O) groups is 3. The molecule has 0 heterocycles. The van der Waals surface area contributed by atoms with Crippen molar-refractivity contribution < 1.29 is 14.4 Å². The highest BCUT2D eigenvalue weighted by molar-refractivity contribution is 5.96. The summed E-state index contributed by atoms with van der Waals surface area (Å²) >= 11 is 0. The van der Waals surface area contributed by atoms with Gasteiger partial charge >= 0.3 is 0 Å². The number of benzene rings is 2. The fourth-order valence-corrected chi connectivity index (χ4v) is 2.42. The summed E-state index contributed by atoms with van der Waals surface area (Å²) in [6.45, 7) is 5.26. The minimum absolute atomic E-state index is 0.0203. The van der Waals surface area contributed by atoms with Gasteiger partial charge < -0.3 is 10.2 Å². The number of hydrogen-bond acceptors (Lipinski definition) is 3. The number of ketones is 1. The van der Waals surface area contributed by atoms with Crippen molar-refractivity contribution in [2.45, 2.75) is 27.2 Å². The summed E-state index contributed by atoms with van der Waals surface area (Å²) in [6.07, 6.45) is 0.182. The monoisotopic (exact) mass is 338 g/mol. The van der Waals surface area contributed by atoms with Crippen LogP contribution in [0.3, 0.4) is 0 Å². The van der Waals surface area contributed by atoms with Crippen molar-refractivity contribution in [3.05, 3.63) is 59.7 Å². The maximum Gasteiger partial charge on any atom is 0.226 e. The predicted molar refractivity (Wildman–Crippen MR) is 98.9 cm³/mol. The number of amides is 2. The smallest absolute Gasteiger partial charge is 0.226 e. The lowest BCUT2D eigenvalue weighted by Crippen LogP contribution is -2.31. The second-order valence-corrected chi connectivity index (χ2v) is 5.94. The number of hydrogen-bond donors (Lipinski definition) is 1. The molecular weight excluding hydrogens is 316 g/mol. The van der Waals surface area contributed by atoms with Crippen LogP contribution in [-0.4, -0.2) is 24.1 Å². The van der Waals surface area contributed by atoms with Crippen LogP contribution in [0.5, 0.6) is 0 Å². The Balaban J connectivity index is 1.95. The Kier molecular flexibility index (Phi) is 6.06. The highest BCUT2D eigenvalue weighted by Crippen LogP contribution is 2.16. The summed E-state index contributed by atoms with van der Waals surface area (Å²) in [4.78, 5) is 36.8. The highest BCUT2D eigenvalue weighted by Gasteiger charge is 2.13. The molecule has 0 spiro atoms. The van der Waals surface area contributed by atoms with Crippen molar-refractivity contribution >= 4 is 29.0 Å². The first-order valence-corrected chi connectivity index (χ1v) is 8.12. The molecule has 0 aromatic heterocycles. The number of aryl methyl sites for hydroxylation is 1. The van der Waals surface area contributed by atoms with Crippen LogP contribution in [0.1, 0.15) is 36.2 Å². The molecule has 0 radical (unpaired) electrons. The maximum atomic E-state index is 12.1. The van der Waals surface area contributed by atoms with Crippen molar-refractivity contribution in [1.29, 1.82) is 0 Å². The van der Waals surface area contributed by atoms with Crippen LogP contribution in [0.15, 0.2) is 48.5 Å². The van der Waals surface area contributed by atoms with Gasteiger partial charge in [0.05, 0.1) is 0 Å². The van der Waals surface area contributed by atoms with E-state index in [0.29, 0.717) is 17.8 Å². The minimum atomic E-state index is -0.186. The summed E-state index contributed by atoms with van der Waals surface area (Å²) in [6, 6.07) is 14.3. The van der Waals surface area contributed by atoms with E-state index in [1.54, 1.807) is 29.2 Å². The molecule has 0 atom stereocenters. The van der Waals surface area contributed by atoms with Gasteiger partial charge in [0, 0.05) is 36.8 Å². The van der Waals surface area contributed by atoms with Gasteiger partial charge in [0.15, 0.2) is 5.78 Å². The van der Waals surface area contributed by atoms with Crippen LogP contribution in [-0.2, 0) is 9.59 Å².